The zero-order valence-corrected chi connectivity index (χ0v) is 15.1. The van der Waals surface area contributed by atoms with E-state index in [1.54, 1.807) is 44.6 Å². The fourth-order valence-corrected chi connectivity index (χ4v) is 3.06. The predicted molar refractivity (Wildman–Crippen MR) is 93.2 cm³/mol. The molecule has 0 amide bonds. The van der Waals surface area contributed by atoms with Gasteiger partial charge in [-0.1, -0.05) is 0 Å². The standard InChI is InChI=1S/C17H21NO6S/c1-21-13-4-6-17(7-5-13)25(19,20)18-8-9-24-16-11-14(22-2)10-15(12-16)23-3/h4-7,10-12,18H,8-9H2,1-3H3. The van der Waals surface area contributed by atoms with Gasteiger partial charge in [0.2, 0.25) is 10.0 Å². The molecule has 0 saturated carbocycles. The van der Waals surface area contributed by atoms with Crippen LogP contribution < -0.4 is 23.7 Å². The molecule has 0 aliphatic rings. The first-order chi connectivity index (χ1) is 12.0. The summed E-state index contributed by atoms with van der Waals surface area (Å²) in [5.74, 6) is 2.30. The smallest absolute Gasteiger partial charge is 0.240 e. The van der Waals surface area contributed by atoms with E-state index in [2.05, 4.69) is 4.72 Å². The second kappa shape index (κ2) is 8.59. The highest BCUT2D eigenvalue weighted by Crippen LogP contribution is 2.27. The maximum atomic E-state index is 12.2. The van der Waals surface area contributed by atoms with E-state index in [9.17, 15) is 8.42 Å². The molecule has 136 valence electrons. The van der Waals surface area contributed by atoms with Crippen LogP contribution in [0.25, 0.3) is 0 Å². The molecule has 0 saturated heterocycles. The van der Waals surface area contributed by atoms with Crippen molar-refractivity contribution in [2.75, 3.05) is 34.5 Å². The fraction of sp³-hybridized carbons (Fsp3) is 0.294. The van der Waals surface area contributed by atoms with Crippen molar-refractivity contribution in [2.45, 2.75) is 4.90 Å². The van der Waals surface area contributed by atoms with Crippen LogP contribution in [0.3, 0.4) is 0 Å². The van der Waals surface area contributed by atoms with Crippen LogP contribution in [0.15, 0.2) is 47.4 Å². The number of benzene rings is 2. The van der Waals surface area contributed by atoms with Crippen molar-refractivity contribution < 1.29 is 27.4 Å². The van der Waals surface area contributed by atoms with Gasteiger partial charge < -0.3 is 18.9 Å². The van der Waals surface area contributed by atoms with E-state index < -0.39 is 10.0 Å². The molecule has 0 radical (unpaired) electrons. The summed E-state index contributed by atoms with van der Waals surface area (Å²) in [6.07, 6.45) is 0. The van der Waals surface area contributed by atoms with Crippen molar-refractivity contribution >= 4 is 10.0 Å². The lowest BCUT2D eigenvalue weighted by Crippen LogP contribution is -2.28. The Kier molecular flexibility index (Phi) is 6.49. The van der Waals surface area contributed by atoms with Crippen LogP contribution in [0.1, 0.15) is 0 Å². The lowest BCUT2D eigenvalue weighted by Gasteiger charge is -2.11. The predicted octanol–water partition coefficient (Wildman–Crippen LogP) is 2.07. The van der Waals surface area contributed by atoms with Crippen molar-refractivity contribution in [1.82, 2.24) is 4.72 Å². The Bertz CT molecular complexity index is 767. The lowest BCUT2D eigenvalue weighted by atomic mass is 10.3. The monoisotopic (exact) mass is 367 g/mol. The van der Waals surface area contributed by atoms with E-state index in [0.717, 1.165) is 0 Å². The largest absolute Gasteiger partial charge is 0.497 e. The second-order valence-corrected chi connectivity index (χ2v) is 6.74. The third kappa shape index (κ3) is 5.27. The van der Waals surface area contributed by atoms with Gasteiger partial charge in [-0.15, -0.1) is 0 Å². The summed E-state index contributed by atoms with van der Waals surface area (Å²) in [7, 11) is 1.01. The molecule has 25 heavy (non-hydrogen) atoms. The highest BCUT2D eigenvalue weighted by atomic mass is 32.2. The minimum absolute atomic E-state index is 0.119. The van der Waals surface area contributed by atoms with Crippen LogP contribution in [-0.4, -0.2) is 42.9 Å². The average molecular weight is 367 g/mol. The molecule has 0 aromatic heterocycles. The maximum Gasteiger partial charge on any atom is 0.240 e. The van der Waals surface area contributed by atoms with Gasteiger partial charge in [-0.3, -0.25) is 0 Å². The van der Waals surface area contributed by atoms with E-state index in [-0.39, 0.29) is 18.0 Å². The van der Waals surface area contributed by atoms with Crippen molar-refractivity contribution in [3.63, 3.8) is 0 Å². The molecule has 0 bridgehead atoms. The molecule has 8 heteroatoms. The first-order valence-corrected chi connectivity index (χ1v) is 8.96. The Balaban J connectivity index is 1.91. The quantitative estimate of drug-likeness (QED) is 0.683. The zero-order chi connectivity index (χ0) is 18.3. The van der Waals surface area contributed by atoms with Crippen LogP contribution >= 0.6 is 0 Å². The Hall–Kier alpha value is -2.45. The van der Waals surface area contributed by atoms with Crippen molar-refractivity contribution in [2.24, 2.45) is 0 Å². The van der Waals surface area contributed by atoms with Gasteiger partial charge in [-0.05, 0) is 24.3 Å². The molecule has 0 aliphatic heterocycles. The Morgan fingerprint density at radius 2 is 1.32 bits per heavy atom. The third-order valence-corrected chi connectivity index (χ3v) is 4.83. The van der Waals surface area contributed by atoms with Crippen LogP contribution in [-0.2, 0) is 10.0 Å². The van der Waals surface area contributed by atoms with Gasteiger partial charge in [0, 0.05) is 24.7 Å². The number of methoxy groups -OCH3 is 3. The third-order valence-electron chi connectivity index (χ3n) is 3.36. The number of sulfonamides is 1. The summed E-state index contributed by atoms with van der Waals surface area (Å²) in [6, 6.07) is 11.3. The van der Waals surface area contributed by atoms with E-state index in [0.29, 0.717) is 23.0 Å². The highest BCUT2D eigenvalue weighted by molar-refractivity contribution is 7.89. The number of nitrogens with one attached hydrogen (secondary N) is 1. The number of hydrogen-bond donors (Lipinski definition) is 1. The Labute approximate surface area is 147 Å². The molecule has 0 aliphatic carbocycles. The summed E-state index contributed by atoms with van der Waals surface area (Å²) in [4.78, 5) is 0.163. The SMILES string of the molecule is COc1ccc(S(=O)(=O)NCCOc2cc(OC)cc(OC)c2)cc1. The Morgan fingerprint density at radius 1 is 0.800 bits per heavy atom. The lowest BCUT2D eigenvalue weighted by molar-refractivity contribution is 0.316. The summed E-state index contributed by atoms with van der Waals surface area (Å²) >= 11 is 0. The van der Waals surface area contributed by atoms with E-state index in [4.69, 9.17) is 18.9 Å². The summed E-state index contributed by atoms with van der Waals surface area (Å²) in [6.45, 7) is 0.277. The van der Waals surface area contributed by atoms with Crippen molar-refractivity contribution in [1.29, 1.82) is 0 Å². The molecule has 0 fully saturated rings. The normalized spacial score (nSPS) is 11.0. The van der Waals surface area contributed by atoms with Gasteiger partial charge >= 0.3 is 0 Å². The molecule has 2 aromatic rings. The first kappa shape index (κ1) is 18.9. The topological polar surface area (TPSA) is 83.1 Å². The van der Waals surface area contributed by atoms with Gasteiger partial charge in [0.25, 0.3) is 0 Å². The molecular formula is C17H21NO6S. The second-order valence-electron chi connectivity index (χ2n) is 4.97. The number of rotatable bonds is 9. The summed E-state index contributed by atoms with van der Waals surface area (Å²) < 4.78 is 47.7. The first-order valence-electron chi connectivity index (χ1n) is 7.48. The number of ether oxygens (including phenoxy) is 4. The zero-order valence-electron chi connectivity index (χ0n) is 14.3. The van der Waals surface area contributed by atoms with Crippen LogP contribution in [0, 0.1) is 0 Å². The molecular weight excluding hydrogens is 346 g/mol. The van der Waals surface area contributed by atoms with Crippen molar-refractivity contribution in [3.05, 3.63) is 42.5 Å². The molecule has 0 heterocycles. The number of hydrogen-bond acceptors (Lipinski definition) is 6. The molecule has 0 unspecified atom stereocenters. The minimum atomic E-state index is -3.60. The van der Waals surface area contributed by atoms with Gasteiger partial charge in [-0.25, -0.2) is 13.1 Å². The van der Waals surface area contributed by atoms with Gasteiger partial charge in [-0.2, -0.15) is 0 Å². The van der Waals surface area contributed by atoms with Crippen LogP contribution in [0.5, 0.6) is 23.0 Å². The molecule has 0 spiro atoms. The average Bonchev–Trinajstić information content (AvgIpc) is 2.65. The van der Waals surface area contributed by atoms with E-state index >= 15 is 0 Å². The van der Waals surface area contributed by atoms with Crippen LogP contribution in [0.2, 0.25) is 0 Å². The molecule has 7 nitrogen and oxygen atoms in total. The fourth-order valence-electron chi connectivity index (χ4n) is 2.05. The van der Waals surface area contributed by atoms with E-state index in [1.807, 2.05) is 0 Å². The minimum Gasteiger partial charge on any atom is -0.497 e. The molecule has 1 N–H and O–H groups in total. The maximum absolute atomic E-state index is 12.2. The van der Waals surface area contributed by atoms with Crippen molar-refractivity contribution in [3.8, 4) is 23.0 Å². The molecule has 2 aromatic carbocycles. The van der Waals surface area contributed by atoms with E-state index in [1.165, 1.54) is 19.2 Å². The molecule has 0 atom stereocenters. The van der Waals surface area contributed by atoms with Crippen LogP contribution in [0.4, 0.5) is 0 Å². The Morgan fingerprint density at radius 3 is 1.84 bits per heavy atom. The summed E-state index contributed by atoms with van der Waals surface area (Å²) in [5.41, 5.74) is 0. The van der Waals surface area contributed by atoms with Gasteiger partial charge in [0.05, 0.1) is 26.2 Å². The molecule has 2 rings (SSSR count). The van der Waals surface area contributed by atoms with Gasteiger partial charge in [0.15, 0.2) is 0 Å². The highest BCUT2D eigenvalue weighted by Gasteiger charge is 2.13. The van der Waals surface area contributed by atoms with Gasteiger partial charge in [0.1, 0.15) is 29.6 Å². The summed E-state index contributed by atoms with van der Waals surface area (Å²) in [5, 5.41) is 0.